The third-order valence-corrected chi connectivity index (χ3v) is 5.25. The second kappa shape index (κ2) is 9.46. The lowest BCUT2D eigenvalue weighted by Gasteiger charge is -2.38. The van der Waals surface area contributed by atoms with E-state index in [1.807, 2.05) is 6.92 Å². The van der Waals surface area contributed by atoms with Crippen molar-refractivity contribution in [1.29, 1.82) is 0 Å². The largest absolute Gasteiger partial charge is 0.379 e. The van der Waals surface area contributed by atoms with E-state index in [4.69, 9.17) is 14.2 Å². The van der Waals surface area contributed by atoms with Crippen molar-refractivity contribution in [1.82, 2.24) is 10.7 Å². The molecule has 2 fully saturated rings. The summed E-state index contributed by atoms with van der Waals surface area (Å²) in [6.07, 6.45) is 3.03. The second-order valence-electron chi connectivity index (χ2n) is 6.69. The predicted molar refractivity (Wildman–Crippen MR) is 92.0 cm³/mol. The molecule has 3 atom stereocenters. The highest BCUT2D eigenvalue weighted by Crippen LogP contribution is 2.30. The Balaban J connectivity index is 1.93. The van der Waals surface area contributed by atoms with Gasteiger partial charge in [0.1, 0.15) is 6.10 Å². The van der Waals surface area contributed by atoms with Gasteiger partial charge in [-0.1, -0.05) is 0 Å². The third-order valence-electron chi connectivity index (χ3n) is 5.25. The van der Waals surface area contributed by atoms with E-state index in [-0.39, 0.29) is 30.1 Å². The lowest BCUT2D eigenvalue weighted by Crippen LogP contribution is -2.50. The zero-order valence-corrected chi connectivity index (χ0v) is 15.2. The highest BCUT2D eigenvalue weighted by molar-refractivity contribution is 5.87. The molecule has 0 bridgehead atoms. The molecule has 24 heavy (non-hydrogen) atoms. The van der Waals surface area contributed by atoms with Gasteiger partial charge in [-0.3, -0.25) is 4.79 Å². The van der Waals surface area contributed by atoms with Gasteiger partial charge in [0.2, 0.25) is 5.91 Å². The molecule has 0 aromatic rings. The van der Waals surface area contributed by atoms with E-state index in [1.54, 1.807) is 21.3 Å². The predicted octanol–water partition coefficient (Wildman–Crippen LogP) is 0.933. The summed E-state index contributed by atoms with van der Waals surface area (Å²) in [5.74, 6) is 0.144. The maximum Gasteiger partial charge on any atom is 0.243 e. The number of piperidine rings is 1. The molecule has 0 radical (unpaired) electrons. The Morgan fingerprint density at radius 3 is 2.25 bits per heavy atom. The number of hydrogen-bond donors (Lipinski definition) is 2. The molecule has 2 aliphatic rings. The quantitative estimate of drug-likeness (QED) is 0.555. The van der Waals surface area contributed by atoms with Crippen LogP contribution in [0.4, 0.5) is 0 Å². The molecule has 7 nitrogen and oxygen atoms in total. The van der Waals surface area contributed by atoms with Gasteiger partial charge in [0.25, 0.3) is 0 Å². The number of hydrazone groups is 1. The van der Waals surface area contributed by atoms with Crippen LogP contribution in [0.5, 0.6) is 0 Å². The first-order valence-corrected chi connectivity index (χ1v) is 8.73. The minimum atomic E-state index is -0.188. The molecule has 0 aromatic carbocycles. The normalized spacial score (nSPS) is 34.8. The van der Waals surface area contributed by atoms with E-state index in [9.17, 15) is 4.79 Å². The summed E-state index contributed by atoms with van der Waals surface area (Å²) in [5, 5.41) is 7.69. The molecule has 1 heterocycles. The molecule has 2 N–H and O–H groups in total. The van der Waals surface area contributed by atoms with Crippen LogP contribution in [0.1, 0.15) is 32.6 Å². The summed E-state index contributed by atoms with van der Waals surface area (Å²) in [7, 11) is 4.93. The van der Waals surface area contributed by atoms with Crippen LogP contribution in [-0.2, 0) is 19.0 Å². The van der Waals surface area contributed by atoms with Crippen LogP contribution in [0.3, 0.4) is 0 Å². The van der Waals surface area contributed by atoms with Crippen LogP contribution >= 0.6 is 0 Å². The van der Waals surface area contributed by atoms with Gasteiger partial charge >= 0.3 is 0 Å². The maximum absolute atomic E-state index is 12.5. The molecule has 1 aliphatic carbocycles. The number of nitrogens with zero attached hydrogens (tertiary/aromatic N) is 1. The fraction of sp³-hybridized carbons (Fsp3) is 0.882. The first-order chi connectivity index (χ1) is 11.6. The third kappa shape index (κ3) is 4.75. The Morgan fingerprint density at radius 2 is 1.75 bits per heavy atom. The van der Waals surface area contributed by atoms with Crippen molar-refractivity contribution in [3.05, 3.63) is 0 Å². The van der Waals surface area contributed by atoms with Gasteiger partial charge in [0, 0.05) is 45.4 Å². The van der Waals surface area contributed by atoms with Crippen molar-refractivity contribution in [2.45, 2.75) is 50.9 Å². The number of hydrogen-bond acceptors (Lipinski definition) is 6. The molecule has 7 heteroatoms. The highest BCUT2D eigenvalue weighted by atomic mass is 16.6. The maximum atomic E-state index is 12.5. The summed E-state index contributed by atoms with van der Waals surface area (Å²) in [5.41, 5.74) is 3.72. The van der Waals surface area contributed by atoms with Crippen molar-refractivity contribution in [2.24, 2.45) is 16.9 Å². The van der Waals surface area contributed by atoms with Crippen molar-refractivity contribution in [3.63, 3.8) is 0 Å². The number of ether oxygens (including phenoxy) is 3. The number of rotatable bonds is 6. The molecule has 0 spiro atoms. The van der Waals surface area contributed by atoms with E-state index < -0.39 is 0 Å². The van der Waals surface area contributed by atoms with Crippen LogP contribution in [0.25, 0.3) is 0 Å². The van der Waals surface area contributed by atoms with Crippen molar-refractivity contribution >= 4 is 11.6 Å². The SMILES string of the molecule is COC1CC(C(=O)N/N=C(/C)C2CCCNC2)CC(OC)C1OC. The summed E-state index contributed by atoms with van der Waals surface area (Å²) in [6.45, 7) is 3.98. The van der Waals surface area contributed by atoms with Crippen LogP contribution in [-0.4, -0.2) is 64.3 Å². The fourth-order valence-corrected chi connectivity index (χ4v) is 3.68. The summed E-state index contributed by atoms with van der Waals surface area (Å²) < 4.78 is 16.5. The van der Waals surface area contributed by atoms with Gasteiger partial charge in [-0.25, -0.2) is 5.43 Å². The smallest absolute Gasteiger partial charge is 0.243 e. The van der Waals surface area contributed by atoms with E-state index >= 15 is 0 Å². The first kappa shape index (κ1) is 19.3. The molecule has 1 saturated carbocycles. The number of methoxy groups -OCH3 is 3. The minimum absolute atomic E-state index is 0.0724. The lowest BCUT2D eigenvalue weighted by atomic mass is 9.82. The van der Waals surface area contributed by atoms with Gasteiger partial charge in [0.05, 0.1) is 12.2 Å². The van der Waals surface area contributed by atoms with Gasteiger partial charge in [-0.15, -0.1) is 0 Å². The van der Waals surface area contributed by atoms with Crippen LogP contribution < -0.4 is 10.7 Å². The number of amides is 1. The zero-order chi connectivity index (χ0) is 17.5. The van der Waals surface area contributed by atoms with Gasteiger partial charge < -0.3 is 19.5 Å². The molecular formula is C17H31N3O4. The van der Waals surface area contributed by atoms with Gasteiger partial charge in [-0.2, -0.15) is 5.10 Å². The van der Waals surface area contributed by atoms with E-state index in [0.717, 1.165) is 31.6 Å². The van der Waals surface area contributed by atoms with Crippen LogP contribution in [0, 0.1) is 11.8 Å². The molecule has 1 amide bonds. The Hall–Kier alpha value is -1.02. The summed E-state index contributed by atoms with van der Waals surface area (Å²) >= 11 is 0. The van der Waals surface area contributed by atoms with Crippen LogP contribution in [0.2, 0.25) is 0 Å². The Kier molecular flexibility index (Phi) is 7.61. The van der Waals surface area contributed by atoms with Crippen LogP contribution in [0.15, 0.2) is 5.10 Å². The first-order valence-electron chi connectivity index (χ1n) is 8.73. The van der Waals surface area contributed by atoms with Gasteiger partial charge in [0.15, 0.2) is 0 Å². The molecule has 1 aliphatic heterocycles. The van der Waals surface area contributed by atoms with Crippen molar-refractivity contribution < 1.29 is 19.0 Å². The number of carbonyl (C=O) groups is 1. The highest BCUT2D eigenvalue weighted by Gasteiger charge is 2.41. The Morgan fingerprint density at radius 1 is 1.08 bits per heavy atom. The molecular weight excluding hydrogens is 310 g/mol. The summed E-state index contributed by atoms with van der Waals surface area (Å²) in [4.78, 5) is 12.5. The lowest BCUT2D eigenvalue weighted by molar-refractivity contribution is -0.152. The zero-order valence-electron chi connectivity index (χ0n) is 15.2. The molecule has 1 saturated heterocycles. The minimum Gasteiger partial charge on any atom is -0.379 e. The monoisotopic (exact) mass is 341 g/mol. The number of carbonyl (C=O) groups excluding carboxylic acids is 1. The Bertz CT molecular complexity index is 424. The van der Waals surface area contributed by atoms with Crippen molar-refractivity contribution in [2.75, 3.05) is 34.4 Å². The number of nitrogens with one attached hydrogen (secondary N) is 2. The molecule has 2 rings (SSSR count). The molecule has 3 unspecified atom stereocenters. The average Bonchev–Trinajstić information content (AvgIpc) is 2.65. The van der Waals surface area contributed by atoms with E-state index in [2.05, 4.69) is 15.8 Å². The molecule has 0 aromatic heterocycles. The summed E-state index contributed by atoms with van der Waals surface area (Å²) in [6, 6.07) is 0. The Labute approximate surface area is 144 Å². The average molecular weight is 341 g/mol. The van der Waals surface area contributed by atoms with E-state index in [1.165, 1.54) is 0 Å². The standard InChI is InChI=1S/C17H31N3O4/c1-11(12-6-5-7-18-10-12)19-20-17(21)13-8-14(22-2)16(24-4)15(9-13)23-3/h12-16,18H,5-10H2,1-4H3,(H,20,21)/b19-11-. The van der Waals surface area contributed by atoms with Gasteiger partial charge in [-0.05, 0) is 39.2 Å². The van der Waals surface area contributed by atoms with E-state index in [0.29, 0.717) is 18.8 Å². The fourth-order valence-electron chi connectivity index (χ4n) is 3.68. The topological polar surface area (TPSA) is 81.2 Å². The second-order valence-corrected chi connectivity index (χ2v) is 6.69. The van der Waals surface area contributed by atoms with Crippen molar-refractivity contribution in [3.8, 4) is 0 Å². The molecule has 138 valence electrons.